The first-order chi connectivity index (χ1) is 15.0. The standard InChI is InChI=1S/C24H34O8/c1-14-8-20(32-16(3)26)24(13-30-15(2)25)19(6-5-7-23(24)12-31-23)22(14,4)10-18(27)17-9-21(28)29-11-17/h9,14,18-20,27H,5-8,10-13H2,1-4H3/t14-,18+,19-,20+,22+,23+,24+/m1/s1. The van der Waals surface area contributed by atoms with Gasteiger partial charge in [-0.05, 0) is 42.9 Å². The molecule has 1 saturated heterocycles. The van der Waals surface area contributed by atoms with Gasteiger partial charge in [0, 0.05) is 25.5 Å². The predicted octanol–water partition coefficient (Wildman–Crippen LogP) is 2.32. The number of aliphatic hydroxyl groups excluding tert-OH is 1. The summed E-state index contributed by atoms with van der Waals surface area (Å²) in [4.78, 5) is 35.5. The molecule has 8 heteroatoms. The van der Waals surface area contributed by atoms with Gasteiger partial charge in [0.15, 0.2) is 0 Å². The Morgan fingerprint density at radius 1 is 1.31 bits per heavy atom. The van der Waals surface area contributed by atoms with Gasteiger partial charge in [0.25, 0.3) is 0 Å². The third kappa shape index (κ3) is 3.65. The lowest BCUT2D eigenvalue weighted by atomic mass is 9.42. The average molecular weight is 451 g/mol. The highest BCUT2D eigenvalue weighted by Gasteiger charge is 2.75. The van der Waals surface area contributed by atoms with Crippen molar-refractivity contribution in [3.63, 3.8) is 0 Å². The number of rotatable bonds is 6. The fourth-order valence-electron chi connectivity index (χ4n) is 6.85. The van der Waals surface area contributed by atoms with Gasteiger partial charge in [0.05, 0.1) is 18.1 Å². The third-order valence-corrected chi connectivity index (χ3v) is 8.67. The highest BCUT2D eigenvalue weighted by molar-refractivity contribution is 5.85. The molecule has 2 saturated carbocycles. The van der Waals surface area contributed by atoms with Gasteiger partial charge in [0.1, 0.15) is 24.9 Å². The summed E-state index contributed by atoms with van der Waals surface area (Å²) in [5, 5.41) is 11.0. The van der Waals surface area contributed by atoms with Crippen LogP contribution in [-0.4, -0.2) is 60.6 Å². The Morgan fingerprint density at radius 3 is 2.59 bits per heavy atom. The minimum Gasteiger partial charge on any atom is -0.465 e. The minimum atomic E-state index is -0.816. The van der Waals surface area contributed by atoms with Gasteiger partial charge in [-0.2, -0.15) is 0 Å². The molecule has 0 aromatic carbocycles. The topological polar surface area (TPSA) is 112 Å². The first-order valence-corrected chi connectivity index (χ1v) is 11.5. The molecule has 8 nitrogen and oxygen atoms in total. The lowest BCUT2D eigenvalue weighted by Crippen LogP contribution is -2.67. The number of aliphatic hydroxyl groups is 1. The van der Waals surface area contributed by atoms with Gasteiger partial charge in [-0.15, -0.1) is 0 Å². The van der Waals surface area contributed by atoms with E-state index >= 15 is 0 Å². The molecular formula is C24H34O8. The maximum absolute atomic E-state index is 12.1. The van der Waals surface area contributed by atoms with Gasteiger partial charge < -0.3 is 24.1 Å². The summed E-state index contributed by atoms with van der Waals surface area (Å²) < 4.78 is 22.6. The van der Waals surface area contributed by atoms with E-state index in [9.17, 15) is 19.5 Å². The highest BCUT2D eigenvalue weighted by atomic mass is 16.6. The van der Waals surface area contributed by atoms with Gasteiger partial charge in [-0.3, -0.25) is 9.59 Å². The summed E-state index contributed by atoms with van der Waals surface area (Å²) in [7, 11) is 0. The number of cyclic esters (lactones) is 1. The quantitative estimate of drug-likeness (QED) is 0.373. The van der Waals surface area contributed by atoms with Gasteiger partial charge >= 0.3 is 17.9 Å². The zero-order valence-corrected chi connectivity index (χ0v) is 19.3. The number of hydrogen-bond donors (Lipinski definition) is 1. The van der Waals surface area contributed by atoms with E-state index in [1.165, 1.54) is 19.9 Å². The first-order valence-electron chi connectivity index (χ1n) is 11.5. The molecule has 7 atom stereocenters. The lowest BCUT2D eigenvalue weighted by molar-refractivity contribution is -0.231. The summed E-state index contributed by atoms with van der Waals surface area (Å²) in [6, 6.07) is 0. The van der Waals surface area contributed by atoms with Crippen LogP contribution < -0.4 is 0 Å². The minimum absolute atomic E-state index is 0.00743. The zero-order valence-electron chi connectivity index (χ0n) is 19.3. The summed E-state index contributed by atoms with van der Waals surface area (Å²) >= 11 is 0. The van der Waals surface area contributed by atoms with E-state index in [1.54, 1.807) is 0 Å². The maximum Gasteiger partial charge on any atom is 0.331 e. The Morgan fingerprint density at radius 2 is 2.03 bits per heavy atom. The van der Waals surface area contributed by atoms with Crippen molar-refractivity contribution in [2.75, 3.05) is 19.8 Å². The Kier molecular flexibility index (Phi) is 5.91. The molecular weight excluding hydrogens is 416 g/mol. The molecule has 0 amide bonds. The van der Waals surface area contributed by atoms with E-state index in [0.29, 0.717) is 25.0 Å². The molecule has 4 rings (SSSR count). The van der Waals surface area contributed by atoms with Crippen LogP contribution in [0.15, 0.2) is 11.6 Å². The smallest absolute Gasteiger partial charge is 0.331 e. The number of ether oxygens (including phenoxy) is 4. The Labute approximate surface area is 188 Å². The van der Waals surface area contributed by atoms with Crippen LogP contribution >= 0.6 is 0 Å². The first kappa shape index (κ1) is 23.2. The van der Waals surface area contributed by atoms with Crippen molar-refractivity contribution in [2.45, 2.75) is 77.6 Å². The third-order valence-electron chi connectivity index (χ3n) is 8.67. The van der Waals surface area contributed by atoms with Crippen molar-refractivity contribution < 1.29 is 38.4 Å². The predicted molar refractivity (Wildman–Crippen MR) is 112 cm³/mol. The van der Waals surface area contributed by atoms with Crippen LogP contribution in [0.5, 0.6) is 0 Å². The molecule has 2 aliphatic heterocycles. The van der Waals surface area contributed by atoms with E-state index in [4.69, 9.17) is 18.9 Å². The summed E-state index contributed by atoms with van der Waals surface area (Å²) in [6.07, 6.45) is 3.76. The lowest BCUT2D eigenvalue weighted by Gasteiger charge is -2.63. The van der Waals surface area contributed by atoms with Crippen molar-refractivity contribution in [2.24, 2.45) is 22.7 Å². The second-order valence-corrected chi connectivity index (χ2v) is 10.3. The number of esters is 3. The molecule has 178 valence electrons. The average Bonchev–Trinajstić information content (AvgIpc) is 3.35. The molecule has 32 heavy (non-hydrogen) atoms. The van der Waals surface area contributed by atoms with Crippen molar-refractivity contribution >= 4 is 17.9 Å². The van der Waals surface area contributed by atoms with Gasteiger partial charge in [0.2, 0.25) is 0 Å². The number of carbonyl (C=O) groups excluding carboxylic acids is 3. The number of fused-ring (bicyclic) bond motifs is 2. The molecule has 0 aromatic heterocycles. The molecule has 1 N–H and O–H groups in total. The summed E-state index contributed by atoms with van der Waals surface area (Å²) in [5.41, 5.74) is -0.949. The number of carbonyl (C=O) groups is 3. The molecule has 3 fully saturated rings. The Balaban J connectivity index is 1.74. The second kappa shape index (κ2) is 8.13. The molecule has 0 radical (unpaired) electrons. The van der Waals surface area contributed by atoms with Crippen LogP contribution in [0.3, 0.4) is 0 Å². The summed E-state index contributed by atoms with van der Waals surface area (Å²) in [5.74, 6) is -1.06. The van der Waals surface area contributed by atoms with Crippen LogP contribution in [0, 0.1) is 22.7 Å². The SMILES string of the molecule is CC(=O)OC[C@@]12[C@@H](OC(C)=O)C[C@@H](C)[C@](C)(C[C@H](O)C3=CC(=O)OC3)[C@H]1CCC[C@]21CO1. The van der Waals surface area contributed by atoms with E-state index in [-0.39, 0.29) is 42.4 Å². The fourth-order valence-corrected chi connectivity index (χ4v) is 6.85. The normalized spacial score (nSPS) is 41.3. The van der Waals surface area contributed by atoms with E-state index in [1.807, 2.05) is 0 Å². The molecule has 2 heterocycles. The van der Waals surface area contributed by atoms with Crippen LogP contribution in [-0.2, 0) is 33.3 Å². The van der Waals surface area contributed by atoms with Crippen molar-refractivity contribution in [1.29, 1.82) is 0 Å². The van der Waals surface area contributed by atoms with Gasteiger partial charge in [-0.1, -0.05) is 20.3 Å². The molecule has 4 aliphatic rings. The second-order valence-electron chi connectivity index (χ2n) is 10.3. The largest absolute Gasteiger partial charge is 0.465 e. The van der Waals surface area contributed by atoms with Gasteiger partial charge in [-0.25, -0.2) is 4.79 Å². The Bertz CT molecular complexity index is 830. The van der Waals surface area contributed by atoms with Crippen molar-refractivity contribution in [3.8, 4) is 0 Å². The number of epoxide rings is 1. The van der Waals surface area contributed by atoms with Crippen LogP contribution in [0.25, 0.3) is 0 Å². The van der Waals surface area contributed by atoms with E-state index in [2.05, 4.69) is 13.8 Å². The monoisotopic (exact) mass is 450 g/mol. The van der Waals surface area contributed by atoms with Crippen molar-refractivity contribution in [3.05, 3.63) is 11.6 Å². The number of hydrogen-bond acceptors (Lipinski definition) is 8. The molecule has 1 spiro atoms. The van der Waals surface area contributed by atoms with Crippen LogP contribution in [0.4, 0.5) is 0 Å². The van der Waals surface area contributed by atoms with Crippen LogP contribution in [0.2, 0.25) is 0 Å². The van der Waals surface area contributed by atoms with E-state index in [0.717, 1.165) is 19.3 Å². The van der Waals surface area contributed by atoms with Crippen molar-refractivity contribution in [1.82, 2.24) is 0 Å². The summed E-state index contributed by atoms with van der Waals surface area (Å²) in [6.45, 7) is 7.85. The molecule has 0 unspecified atom stereocenters. The zero-order chi connectivity index (χ0) is 23.3. The molecule has 2 aliphatic carbocycles. The fraction of sp³-hybridized carbons (Fsp3) is 0.792. The molecule has 0 bridgehead atoms. The van der Waals surface area contributed by atoms with E-state index < -0.39 is 29.2 Å². The Hall–Kier alpha value is -1.93. The van der Waals surface area contributed by atoms with Crippen LogP contribution in [0.1, 0.15) is 59.8 Å². The molecule has 0 aromatic rings. The highest BCUT2D eigenvalue weighted by Crippen LogP contribution is 2.69. The maximum atomic E-state index is 12.1.